The third kappa shape index (κ3) is 9.18. The van der Waals surface area contributed by atoms with E-state index >= 15 is 0 Å². The van der Waals surface area contributed by atoms with Gasteiger partial charge < -0.3 is 10.2 Å². The molecule has 0 unspecified atom stereocenters. The summed E-state index contributed by atoms with van der Waals surface area (Å²) in [5.74, 6) is -0.718. The number of sulfonamides is 1. The number of carbonyl (C=O) groups excluding carboxylic acids is 2. The van der Waals surface area contributed by atoms with Crippen molar-refractivity contribution < 1.29 is 18.0 Å². The van der Waals surface area contributed by atoms with E-state index in [9.17, 15) is 18.0 Å². The Morgan fingerprint density at radius 2 is 1.61 bits per heavy atom. The van der Waals surface area contributed by atoms with Gasteiger partial charge in [-0.05, 0) is 83.0 Å². The van der Waals surface area contributed by atoms with Crippen LogP contribution in [0.1, 0.15) is 43.2 Å². The highest BCUT2D eigenvalue weighted by atomic mass is 127. The Bertz CT molecular complexity index is 1430. The van der Waals surface area contributed by atoms with Gasteiger partial charge >= 0.3 is 0 Å². The van der Waals surface area contributed by atoms with E-state index in [0.717, 1.165) is 57.4 Å². The highest BCUT2D eigenvalue weighted by Gasteiger charge is 2.34. The fourth-order valence-electron chi connectivity index (χ4n) is 5.15. The molecular formula is C31H35ClIN3O4S. The van der Waals surface area contributed by atoms with E-state index in [1.165, 1.54) is 4.90 Å². The van der Waals surface area contributed by atoms with Crippen LogP contribution in [0.25, 0.3) is 0 Å². The number of benzene rings is 3. The molecule has 10 heteroatoms. The SMILES string of the molecule is CS(=O)(=O)N(CC(=O)N(Cc1cccc(Cl)c1)[C@@H](Cc1ccccc1)C(=O)NC1CCCCC1)c1ccc(I)cc1. The molecule has 0 aromatic heterocycles. The van der Waals surface area contributed by atoms with Crippen molar-refractivity contribution >= 4 is 61.7 Å². The third-order valence-electron chi connectivity index (χ3n) is 7.26. The Hall–Kier alpha value is -2.63. The van der Waals surface area contributed by atoms with Gasteiger partial charge in [0, 0.05) is 27.6 Å². The minimum Gasteiger partial charge on any atom is -0.352 e. The number of halogens is 2. The van der Waals surface area contributed by atoms with Gasteiger partial charge in [0.2, 0.25) is 21.8 Å². The number of amides is 2. The normalized spacial score (nSPS) is 14.7. The van der Waals surface area contributed by atoms with Crippen molar-refractivity contribution in [3.63, 3.8) is 0 Å². The lowest BCUT2D eigenvalue weighted by atomic mass is 9.94. The van der Waals surface area contributed by atoms with Crippen molar-refractivity contribution in [2.24, 2.45) is 0 Å². The van der Waals surface area contributed by atoms with E-state index in [1.54, 1.807) is 42.5 Å². The summed E-state index contributed by atoms with van der Waals surface area (Å²) < 4.78 is 27.8. The molecular weight excluding hydrogens is 673 g/mol. The Labute approximate surface area is 261 Å². The van der Waals surface area contributed by atoms with E-state index in [0.29, 0.717) is 10.7 Å². The van der Waals surface area contributed by atoms with Crippen LogP contribution >= 0.6 is 34.2 Å². The molecule has 3 aromatic rings. The summed E-state index contributed by atoms with van der Waals surface area (Å²) in [5.41, 5.74) is 2.03. The van der Waals surface area contributed by atoms with E-state index in [4.69, 9.17) is 11.6 Å². The van der Waals surface area contributed by atoms with Crippen molar-refractivity contribution in [2.45, 2.75) is 57.2 Å². The quantitative estimate of drug-likeness (QED) is 0.256. The maximum atomic E-state index is 14.2. The van der Waals surface area contributed by atoms with Crippen LogP contribution in [-0.2, 0) is 32.6 Å². The molecule has 1 fully saturated rings. The largest absolute Gasteiger partial charge is 0.352 e. The van der Waals surface area contributed by atoms with Gasteiger partial charge in [0.25, 0.3) is 0 Å². The molecule has 1 saturated carbocycles. The molecule has 4 rings (SSSR count). The highest BCUT2D eigenvalue weighted by Crippen LogP contribution is 2.23. The van der Waals surface area contributed by atoms with Crippen LogP contribution < -0.4 is 9.62 Å². The summed E-state index contributed by atoms with van der Waals surface area (Å²) in [5, 5.41) is 3.71. The first kappa shape index (κ1) is 31.3. The average Bonchev–Trinajstić information content (AvgIpc) is 2.94. The van der Waals surface area contributed by atoms with Gasteiger partial charge in [-0.2, -0.15) is 0 Å². The lowest BCUT2D eigenvalue weighted by Crippen LogP contribution is -2.55. The summed E-state index contributed by atoms with van der Waals surface area (Å²) in [6, 6.07) is 22.8. The Kier molecular flexibility index (Phi) is 11.1. The van der Waals surface area contributed by atoms with E-state index in [2.05, 4.69) is 27.9 Å². The summed E-state index contributed by atoms with van der Waals surface area (Å²) in [7, 11) is -3.80. The van der Waals surface area contributed by atoms with E-state index in [1.807, 2.05) is 36.4 Å². The minimum atomic E-state index is -3.80. The number of anilines is 1. The molecule has 1 N–H and O–H groups in total. The molecule has 1 atom stereocenters. The molecule has 1 aliphatic carbocycles. The molecule has 218 valence electrons. The van der Waals surface area contributed by atoms with Gasteiger partial charge in [-0.15, -0.1) is 0 Å². The Morgan fingerprint density at radius 1 is 0.951 bits per heavy atom. The fraction of sp³-hybridized carbons (Fsp3) is 0.355. The van der Waals surface area contributed by atoms with Crippen molar-refractivity contribution in [1.29, 1.82) is 0 Å². The van der Waals surface area contributed by atoms with Crippen LogP contribution in [0.15, 0.2) is 78.9 Å². The smallest absolute Gasteiger partial charge is 0.244 e. The van der Waals surface area contributed by atoms with Gasteiger partial charge in [0.1, 0.15) is 12.6 Å². The first-order valence-electron chi connectivity index (χ1n) is 13.7. The predicted octanol–water partition coefficient (Wildman–Crippen LogP) is 5.80. The van der Waals surface area contributed by atoms with Gasteiger partial charge in [-0.1, -0.05) is 73.3 Å². The molecule has 0 heterocycles. The number of hydrogen-bond donors (Lipinski definition) is 1. The van der Waals surface area contributed by atoms with Gasteiger partial charge in [0.15, 0.2) is 0 Å². The molecule has 41 heavy (non-hydrogen) atoms. The van der Waals surface area contributed by atoms with Crippen LogP contribution in [0.2, 0.25) is 5.02 Å². The van der Waals surface area contributed by atoms with Gasteiger partial charge in [-0.25, -0.2) is 8.42 Å². The average molecular weight is 708 g/mol. The van der Waals surface area contributed by atoms with E-state index < -0.39 is 28.5 Å². The van der Waals surface area contributed by atoms with Crippen molar-refractivity contribution in [1.82, 2.24) is 10.2 Å². The predicted molar refractivity (Wildman–Crippen MR) is 172 cm³/mol. The fourth-order valence-corrected chi connectivity index (χ4v) is 6.57. The highest BCUT2D eigenvalue weighted by molar-refractivity contribution is 14.1. The van der Waals surface area contributed by atoms with Crippen LogP contribution in [0.3, 0.4) is 0 Å². The maximum Gasteiger partial charge on any atom is 0.244 e. The number of nitrogens with one attached hydrogen (secondary N) is 1. The molecule has 2 amide bonds. The molecule has 7 nitrogen and oxygen atoms in total. The molecule has 3 aromatic carbocycles. The summed E-state index contributed by atoms with van der Waals surface area (Å²) in [4.78, 5) is 29.6. The maximum absolute atomic E-state index is 14.2. The van der Waals surface area contributed by atoms with E-state index in [-0.39, 0.29) is 24.9 Å². The lowest BCUT2D eigenvalue weighted by molar-refractivity contribution is -0.140. The van der Waals surface area contributed by atoms with Gasteiger partial charge in [-0.3, -0.25) is 13.9 Å². The lowest BCUT2D eigenvalue weighted by Gasteiger charge is -2.35. The number of carbonyl (C=O) groups is 2. The Morgan fingerprint density at radius 3 is 2.24 bits per heavy atom. The molecule has 0 spiro atoms. The van der Waals surface area contributed by atoms with Gasteiger partial charge in [0.05, 0.1) is 11.9 Å². The second-order valence-corrected chi connectivity index (χ2v) is 14.0. The summed E-state index contributed by atoms with van der Waals surface area (Å²) >= 11 is 8.42. The summed E-state index contributed by atoms with van der Waals surface area (Å²) in [6.07, 6.45) is 6.43. The summed E-state index contributed by atoms with van der Waals surface area (Å²) in [6.45, 7) is -0.346. The topological polar surface area (TPSA) is 86.8 Å². The third-order valence-corrected chi connectivity index (χ3v) is 9.35. The first-order chi connectivity index (χ1) is 19.6. The van der Waals surface area contributed by atoms with Crippen LogP contribution in [0, 0.1) is 3.57 Å². The van der Waals surface area contributed by atoms with Crippen LogP contribution in [0.5, 0.6) is 0 Å². The Balaban J connectivity index is 1.71. The second kappa shape index (κ2) is 14.5. The molecule has 1 aliphatic rings. The zero-order chi connectivity index (χ0) is 29.4. The molecule has 0 bridgehead atoms. The van der Waals surface area contributed by atoms with Crippen molar-refractivity contribution in [3.8, 4) is 0 Å². The zero-order valence-electron chi connectivity index (χ0n) is 23.0. The molecule has 0 saturated heterocycles. The number of hydrogen-bond acceptors (Lipinski definition) is 4. The number of rotatable bonds is 11. The van der Waals surface area contributed by atoms with Crippen molar-refractivity contribution in [2.75, 3.05) is 17.1 Å². The molecule has 0 aliphatic heterocycles. The van der Waals surface area contributed by atoms with Crippen LogP contribution in [0.4, 0.5) is 5.69 Å². The number of nitrogens with zero attached hydrogens (tertiary/aromatic N) is 2. The zero-order valence-corrected chi connectivity index (χ0v) is 26.7. The standard InChI is InChI=1S/C31H35ClIN3O4S/c1-41(39,40)36(28-17-15-26(33)16-18-28)22-30(37)35(21-24-11-8-12-25(32)19-24)29(20-23-9-4-2-5-10-23)31(38)34-27-13-6-3-7-14-27/h2,4-5,8-12,15-19,27,29H,3,6-7,13-14,20-22H2,1H3,(H,34,38)/t29-/m0/s1. The second-order valence-electron chi connectivity index (χ2n) is 10.4. The van der Waals surface area contributed by atoms with Crippen LogP contribution in [-0.4, -0.2) is 50.0 Å². The monoisotopic (exact) mass is 707 g/mol. The minimum absolute atomic E-state index is 0.0527. The first-order valence-corrected chi connectivity index (χ1v) is 17.0. The van der Waals surface area contributed by atoms with Crippen molar-refractivity contribution in [3.05, 3.63) is 98.6 Å². The molecule has 0 radical (unpaired) electrons.